The Balaban J connectivity index is 5.48. The van der Waals surface area contributed by atoms with E-state index in [1.165, 1.54) is 0 Å². The van der Waals surface area contributed by atoms with Crippen LogP contribution in [0.4, 0.5) is 0 Å². The number of nitrogens with one attached hydrogen (secondary N) is 3. The smallest absolute Gasteiger partial charge is 0.327 e. The monoisotopic (exact) mass is 477 g/mol. The molecule has 0 aromatic carbocycles. The Labute approximate surface area is 192 Å². The average Bonchev–Trinajstić information content (AvgIpc) is 2.72. The predicted molar refractivity (Wildman–Crippen MR) is 120 cm³/mol. The summed E-state index contributed by atoms with van der Waals surface area (Å²) in [6, 6.07) is -4.52. The van der Waals surface area contributed by atoms with E-state index in [4.69, 9.17) is 21.7 Å². The molecule has 0 aromatic rings. The van der Waals surface area contributed by atoms with E-state index >= 15 is 0 Å². The summed E-state index contributed by atoms with van der Waals surface area (Å²) in [5, 5.41) is 25.2. The van der Waals surface area contributed by atoms with E-state index in [1.54, 1.807) is 13.8 Å². The second-order valence-electron chi connectivity index (χ2n) is 7.69. The molecule has 32 heavy (non-hydrogen) atoms. The molecule has 0 spiro atoms. The highest BCUT2D eigenvalue weighted by Gasteiger charge is 2.30. The van der Waals surface area contributed by atoms with Crippen LogP contribution in [0.1, 0.15) is 46.0 Å². The van der Waals surface area contributed by atoms with E-state index in [0.717, 1.165) is 0 Å². The largest absolute Gasteiger partial charge is 0.481 e. The van der Waals surface area contributed by atoms with Crippen LogP contribution in [0.2, 0.25) is 0 Å². The molecule has 12 nitrogen and oxygen atoms in total. The Hall–Kier alpha value is -2.38. The Morgan fingerprint density at radius 2 is 1.34 bits per heavy atom. The van der Waals surface area contributed by atoms with Crippen molar-refractivity contribution in [2.75, 3.05) is 12.3 Å². The van der Waals surface area contributed by atoms with Crippen LogP contribution in [-0.2, 0) is 24.0 Å². The maximum atomic E-state index is 12.9. The second kappa shape index (κ2) is 15.4. The molecule has 0 radical (unpaired) electrons. The molecule has 0 fully saturated rings. The molecule has 0 aromatic heterocycles. The SMILES string of the molecule is CC(C)C(N)C(=O)NC(CCCCN)C(=O)NC(CCC(=O)O)C(=O)NC(CS)C(=O)O. The summed E-state index contributed by atoms with van der Waals surface area (Å²) in [6.07, 6.45) is 0.612. The molecular formula is C19H35N5O7S. The van der Waals surface area contributed by atoms with Crippen LogP contribution in [-0.4, -0.2) is 76.3 Å². The highest BCUT2D eigenvalue weighted by Crippen LogP contribution is 2.07. The van der Waals surface area contributed by atoms with Crippen molar-refractivity contribution in [1.29, 1.82) is 0 Å². The van der Waals surface area contributed by atoms with Crippen LogP contribution in [0, 0.1) is 5.92 Å². The fraction of sp³-hybridized carbons (Fsp3) is 0.737. The maximum absolute atomic E-state index is 12.9. The highest BCUT2D eigenvalue weighted by atomic mass is 32.1. The summed E-state index contributed by atoms with van der Waals surface area (Å²) < 4.78 is 0. The quantitative estimate of drug-likeness (QED) is 0.0950. The van der Waals surface area contributed by atoms with E-state index in [9.17, 15) is 24.0 Å². The normalized spacial score (nSPS) is 14.7. The Morgan fingerprint density at radius 1 is 0.844 bits per heavy atom. The van der Waals surface area contributed by atoms with Gasteiger partial charge in [-0.1, -0.05) is 13.8 Å². The van der Waals surface area contributed by atoms with E-state index in [1.807, 2.05) is 0 Å². The van der Waals surface area contributed by atoms with E-state index < -0.39 is 60.2 Å². The topological polar surface area (TPSA) is 214 Å². The summed E-state index contributed by atoms with van der Waals surface area (Å²) in [7, 11) is 0. The van der Waals surface area contributed by atoms with Crippen molar-refractivity contribution < 1.29 is 34.2 Å². The highest BCUT2D eigenvalue weighted by molar-refractivity contribution is 7.80. The standard InChI is InChI=1S/C19H35N5O7S/c1-10(2)15(21)18(29)23-11(5-3-4-8-20)16(27)22-12(6-7-14(25)26)17(28)24-13(9-32)19(30)31/h10-13,15,32H,3-9,20-21H2,1-2H3,(H,22,27)(H,23,29)(H,24,28)(H,25,26)(H,30,31). The van der Waals surface area contributed by atoms with Gasteiger partial charge in [0, 0.05) is 12.2 Å². The van der Waals surface area contributed by atoms with Crippen molar-refractivity contribution in [2.24, 2.45) is 17.4 Å². The van der Waals surface area contributed by atoms with Crippen LogP contribution in [0.25, 0.3) is 0 Å². The van der Waals surface area contributed by atoms with Gasteiger partial charge in [0.05, 0.1) is 6.04 Å². The van der Waals surface area contributed by atoms with Crippen molar-refractivity contribution in [1.82, 2.24) is 16.0 Å². The molecule has 0 heterocycles. The van der Waals surface area contributed by atoms with Gasteiger partial charge in [-0.05, 0) is 38.1 Å². The van der Waals surface area contributed by atoms with Crippen LogP contribution >= 0.6 is 12.6 Å². The minimum absolute atomic E-state index is 0.175. The molecule has 0 rings (SSSR count). The average molecular weight is 478 g/mol. The first-order valence-electron chi connectivity index (χ1n) is 10.4. The molecule has 0 saturated heterocycles. The lowest BCUT2D eigenvalue weighted by molar-refractivity contribution is -0.142. The number of carboxylic acids is 2. The summed E-state index contributed by atoms with van der Waals surface area (Å²) in [5.41, 5.74) is 11.3. The Morgan fingerprint density at radius 3 is 1.78 bits per heavy atom. The van der Waals surface area contributed by atoms with Gasteiger partial charge in [0.25, 0.3) is 0 Å². The number of carboxylic acid groups (broad SMARTS) is 2. The zero-order valence-electron chi connectivity index (χ0n) is 18.4. The van der Waals surface area contributed by atoms with Gasteiger partial charge in [0.15, 0.2) is 0 Å². The van der Waals surface area contributed by atoms with Gasteiger partial charge < -0.3 is 37.6 Å². The minimum atomic E-state index is -1.33. The van der Waals surface area contributed by atoms with Gasteiger partial charge in [-0.15, -0.1) is 0 Å². The molecule has 0 aliphatic rings. The summed E-state index contributed by atoms with van der Waals surface area (Å²) in [6.45, 7) is 3.89. The van der Waals surface area contributed by atoms with Crippen molar-refractivity contribution >= 4 is 42.3 Å². The third-order valence-electron chi connectivity index (χ3n) is 4.68. The van der Waals surface area contributed by atoms with Gasteiger partial charge in [0.1, 0.15) is 18.1 Å². The van der Waals surface area contributed by atoms with Crippen molar-refractivity contribution in [3.8, 4) is 0 Å². The fourth-order valence-electron chi connectivity index (χ4n) is 2.60. The third-order valence-corrected chi connectivity index (χ3v) is 5.04. The maximum Gasteiger partial charge on any atom is 0.327 e. The molecule has 0 aliphatic heterocycles. The molecule has 0 saturated carbocycles. The molecule has 0 aliphatic carbocycles. The van der Waals surface area contributed by atoms with Crippen molar-refractivity contribution in [3.05, 3.63) is 0 Å². The van der Waals surface area contributed by atoms with Gasteiger partial charge >= 0.3 is 11.9 Å². The van der Waals surface area contributed by atoms with E-state index in [-0.39, 0.29) is 24.5 Å². The summed E-state index contributed by atoms with van der Waals surface area (Å²) in [5.74, 6) is -5.03. The summed E-state index contributed by atoms with van der Waals surface area (Å²) in [4.78, 5) is 59.9. The molecule has 184 valence electrons. The molecule has 0 bridgehead atoms. The van der Waals surface area contributed by atoms with Gasteiger partial charge in [-0.25, -0.2) is 4.79 Å². The molecular weight excluding hydrogens is 442 g/mol. The van der Waals surface area contributed by atoms with E-state index in [2.05, 4.69) is 28.6 Å². The number of nitrogens with two attached hydrogens (primary N) is 2. The first-order chi connectivity index (χ1) is 14.9. The summed E-state index contributed by atoms with van der Waals surface area (Å²) >= 11 is 3.86. The molecule has 4 unspecified atom stereocenters. The lowest BCUT2D eigenvalue weighted by Crippen LogP contribution is -2.57. The van der Waals surface area contributed by atoms with Crippen LogP contribution in [0.15, 0.2) is 0 Å². The van der Waals surface area contributed by atoms with Crippen LogP contribution in [0.3, 0.4) is 0 Å². The van der Waals surface area contributed by atoms with Gasteiger partial charge in [-0.3, -0.25) is 19.2 Å². The van der Waals surface area contributed by atoms with Gasteiger partial charge in [0.2, 0.25) is 17.7 Å². The number of hydrogen-bond acceptors (Lipinski definition) is 8. The number of rotatable bonds is 16. The molecule has 13 heteroatoms. The zero-order chi connectivity index (χ0) is 24.8. The van der Waals surface area contributed by atoms with Gasteiger partial charge in [-0.2, -0.15) is 12.6 Å². The number of carbonyl (C=O) groups excluding carboxylic acids is 3. The number of carbonyl (C=O) groups is 5. The number of amides is 3. The lowest BCUT2D eigenvalue weighted by atomic mass is 10.0. The second-order valence-corrected chi connectivity index (χ2v) is 8.06. The van der Waals surface area contributed by atoms with Crippen LogP contribution in [0.5, 0.6) is 0 Å². The predicted octanol–water partition coefficient (Wildman–Crippen LogP) is -1.57. The number of unbranched alkanes of at least 4 members (excludes halogenated alkanes) is 1. The Kier molecular flexibility index (Phi) is 14.3. The van der Waals surface area contributed by atoms with Crippen molar-refractivity contribution in [2.45, 2.75) is 70.1 Å². The number of hydrogen-bond donors (Lipinski definition) is 8. The van der Waals surface area contributed by atoms with Crippen LogP contribution < -0.4 is 27.4 Å². The molecule has 4 atom stereocenters. The Bertz CT molecular complexity index is 662. The molecule has 9 N–H and O–H groups in total. The fourth-order valence-corrected chi connectivity index (χ4v) is 2.85. The minimum Gasteiger partial charge on any atom is -0.481 e. The number of aliphatic carboxylic acids is 2. The van der Waals surface area contributed by atoms with E-state index in [0.29, 0.717) is 19.4 Å². The first-order valence-corrected chi connectivity index (χ1v) is 11.0. The first kappa shape index (κ1) is 29.6. The molecule has 3 amide bonds. The lowest BCUT2D eigenvalue weighted by Gasteiger charge is -2.25. The number of thiol groups is 1. The third kappa shape index (κ3) is 11.3. The van der Waals surface area contributed by atoms with Crippen molar-refractivity contribution in [3.63, 3.8) is 0 Å². The zero-order valence-corrected chi connectivity index (χ0v) is 19.3.